The highest BCUT2D eigenvalue weighted by Gasteiger charge is 2.38. The summed E-state index contributed by atoms with van der Waals surface area (Å²) < 4.78 is 0. The van der Waals surface area contributed by atoms with Crippen molar-refractivity contribution >= 4 is 34.3 Å². The van der Waals surface area contributed by atoms with E-state index in [0.717, 1.165) is 35.6 Å². The fourth-order valence-corrected chi connectivity index (χ4v) is 5.57. The first-order chi connectivity index (χ1) is 17.8. The highest BCUT2D eigenvalue weighted by Crippen LogP contribution is 2.29. The number of aromatic nitrogens is 1. The molecule has 0 unspecified atom stereocenters. The summed E-state index contributed by atoms with van der Waals surface area (Å²) in [5.41, 5.74) is 6.91. The van der Waals surface area contributed by atoms with E-state index in [9.17, 15) is 14.4 Å². The monoisotopic (exact) mass is 508 g/mol. The lowest BCUT2D eigenvalue weighted by atomic mass is 9.84. The highest BCUT2D eigenvalue weighted by atomic mass is 16.2. The number of nitrogen functional groups attached to an aromatic ring is 1. The van der Waals surface area contributed by atoms with Crippen LogP contribution in [0.4, 0.5) is 5.82 Å². The van der Waals surface area contributed by atoms with Gasteiger partial charge in [0.05, 0.1) is 12.6 Å². The molecule has 4 N–H and O–H groups in total. The molecule has 2 fully saturated rings. The molecule has 1 aliphatic heterocycles. The van der Waals surface area contributed by atoms with Crippen molar-refractivity contribution in [3.63, 3.8) is 0 Å². The third kappa shape index (κ3) is 6.77. The highest BCUT2D eigenvalue weighted by molar-refractivity contribution is 5.92. The summed E-state index contributed by atoms with van der Waals surface area (Å²) >= 11 is 0. The number of fused-ring (bicyclic) bond motifs is 1. The molecule has 0 radical (unpaired) electrons. The quantitative estimate of drug-likeness (QED) is 0.479. The second-order valence-corrected chi connectivity index (χ2v) is 10.6. The molecule has 0 spiro atoms. The van der Waals surface area contributed by atoms with Crippen LogP contribution in [-0.4, -0.2) is 71.8 Å². The molecular formula is C28H40N6O3. The number of pyridine rings is 1. The van der Waals surface area contributed by atoms with E-state index in [2.05, 4.69) is 15.6 Å². The van der Waals surface area contributed by atoms with Gasteiger partial charge in [0, 0.05) is 38.8 Å². The van der Waals surface area contributed by atoms with E-state index in [1.54, 1.807) is 25.2 Å². The number of nitrogens with zero attached hydrogens (tertiary/aromatic N) is 3. The van der Waals surface area contributed by atoms with Gasteiger partial charge in [-0.3, -0.25) is 19.7 Å². The van der Waals surface area contributed by atoms with Crippen LogP contribution in [-0.2, 0) is 20.9 Å². The molecular weight excluding hydrogens is 468 g/mol. The predicted octanol–water partition coefficient (Wildman–Crippen LogP) is 2.44. The number of anilines is 1. The molecule has 200 valence electrons. The fourth-order valence-electron chi connectivity index (χ4n) is 5.57. The Labute approximate surface area is 219 Å². The van der Waals surface area contributed by atoms with Gasteiger partial charge in [0.2, 0.25) is 17.7 Å². The number of carbonyl (C=O) groups is 3. The summed E-state index contributed by atoms with van der Waals surface area (Å²) in [6.07, 6.45) is 9.67. The Kier molecular flexibility index (Phi) is 8.97. The Morgan fingerprint density at radius 1 is 1.11 bits per heavy atom. The minimum absolute atomic E-state index is 0.0647. The number of likely N-dealkylation sites (N-methyl/N-ethyl adjacent to an activating group) is 1. The van der Waals surface area contributed by atoms with Gasteiger partial charge < -0.3 is 20.9 Å². The van der Waals surface area contributed by atoms with Crippen LogP contribution >= 0.6 is 0 Å². The van der Waals surface area contributed by atoms with Crippen LogP contribution in [0.5, 0.6) is 0 Å². The van der Waals surface area contributed by atoms with Gasteiger partial charge in [0.25, 0.3) is 0 Å². The Bertz CT molecular complexity index is 1110. The first kappa shape index (κ1) is 26.9. The van der Waals surface area contributed by atoms with E-state index < -0.39 is 12.1 Å². The summed E-state index contributed by atoms with van der Waals surface area (Å²) in [5, 5.41) is 8.12. The second kappa shape index (κ2) is 12.4. The fraction of sp³-hybridized carbons (Fsp3) is 0.571. The topological polar surface area (TPSA) is 121 Å². The minimum atomic E-state index is -0.493. The molecule has 1 aromatic heterocycles. The Balaban J connectivity index is 1.40. The first-order valence-corrected chi connectivity index (χ1v) is 13.5. The Morgan fingerprint density at radius 2 is 1.89 bits per heavy atom. The molecule has 1 saturated heterocycles. The van der Waals surface area contributed by atoms with Crippen molar-refractivity contribution in [2.75, 3.05) is 32.9 Å². The van der Waals surface area contributed by atoms with Crippen LogP contribution in [0.25, 0.3) is 10.8 Å². The van der Waals surface area contributed by atoms with Crippen molar-refractivity contribution in [1.82, 2.24) is 25.4 Å². The Morgan fingerprint density at radius 3 is 2.65 bits per heavy atom. The van der Waals surface area contributed by atoms with Crippen molar-refractivity contribution in [2.45, 2.75) is 70.0 Å². The van der Waals surface area contributed by atoms with Crippen LogP contribution in [0.3, 0.4) is 0 Å². The van der Waals surface area contributed by atoms with Crippen LogP contribution in [0.15, 0.2) is 30.5 Å². The maximum atomic E-state index is 13.7. The molecule has 2 aliphatic rings. The maximum Gasteiger partial charge on any atom is 0.243 e. The number of nitrogens with one attached hydrogen (secondary N) is 2. The summed E-state index contributed by atoms with van der Waals surface area (Å²) in [4.78, 5) is 46.5. The van der Waals surface area contributed by atoms with Crippen LogP contribution < -0.4 is 16.4 Å². The van der Waals surface area contributed by atoms with Gasteiger partial charge in [-0.2, -0.15) is 0 Å². The third-order valence-corrected chi connectivity index (χ3v) is 7.76. The lowest BCUT2D eigenvalue weighted by Crippen LogP contribution is -2.54. The van der Waals surface area contributed by atoms with Gasteiger partial charge in [0.15, 0.2) is 0 Å². The van der Waals surface area contributed by atoms with Gasteiger partial charge >= 0.3 is 0 Å². The number of carbonyl (C=O) groups excluding carboxylic acids is 3. The predicted molar refractivity (Wildman–Crippen MR) is 144 cm³/mol. The van der Waals surface area contributed by atoms with Gasteiger partial charge in [-0.15, -0.1) is 0 Å². The van der Waals surface area contributed by atoms with E-state index in [4.69, 9.17) is 5.73 Å². The van der Waals surface area contributed by atoms with Crippen molar-refractivity contribution in [3.05, 3.63) is 36.0 Å². The van der Waals surface area contributed by atoms with Gasteiger partial charge in [-0.05, 0) is 48.3 Å². The molecule has 1 aliphatic carbocycles. The van der Waals surface area contributed by atoms with Crippen LogP contribution in [0.2, 0.25) is 0 Å². The summed E-state index contributed by atoms with van der Waals surface area (Å²) in [5.74, 6) is 0.683. The lowest BCUT2D eigenvalue weighted by Gasteiger charge is -2.32. The summed E-state index contributed by atoms with van der Waals surface area (Å²) in [6, 6.07) is 6.80. The summed E-state index contributed by atoms with van der Waals surface area (Å²) in [7, 11) is 3.42. The molecule has 1 aromatic carbocycles. The third-order valence-electron chi connectivity index (χ3n) is 7.76. The average Bonchev–Trinajstić information content (AvgIpc) is 3.40. The zero-order valence-corrected chi connectivity index (χ0v) is 22.0. The van der Waals surface area contributed by atoms with E-state index >= 15 is 0 Å². The number of amides is 3. The number of benzene rings is 1. The SMILES string of the molecule is CN(C)C(=O)CN[C@H](CC1CCCCC1)C(=O)N1CCC[C@H]1C(=O)NCc1ccc2c(N)nccc2c1. The minimum Gasteiger partial charge on any atom is -0.383 e. The molecule has 1 saturated carbocycles. The second-order valence-electron chi connectivity index (χ2n) is 10.6. The van der Waals surface area contributed by atoms with E-state index in [-0.39, 0.29) is 24.3 Å². The maximum absolute atomic E-state index is 13.7. The normalized spacial score (nSPS) is 19.1. The van der Waals surface area contributed by atoms with E-state index in [1.807, 2.05) is 24.3 Å². The lowest BCUT2D eigenvalue weighted by molar-refractivity contribution is -0.140. The molecule has 9 nitrogen and oxygen atoms in total. The Hall–Kier alpha value is -3.20. The number of hydrogen-bond donors (Lipinski definition) is 3. The first-order valence-electron chi connectivity index (χ1n) is 13.5. The largest absolute Gasteiger partial charge is 0.383 e. The van der Waals surface area contributed by atoms with Gasteiger partial charge in [0.1, 0.15) is 11.9 Å². The van der Waals surface area contributed by atoms with Crippen molar-refractivity contribution in [1.29, 1.82) is 0 Å². The smallest absolute Gasteiger partial charge is 0.243 e. The van der Waals surface area contributed by atoms with Crippen LogP contribution in [0, 0.1) is 5.92 Å². The number of likely N-dealkylation sites (tertiary alicyclic amines) is 1. The van der Waals surface area contributed by atoms with Crippen LogP contribution in [0.1, 0.15) is 56.9 Å². The van der Waals surface area contributed by atoms with Gasteiger partial charge in [-0.1, -0.05) is 44.2 Å². The van der Waals surface area contributed by atoms with Crippen molar-refractivity contribution in [3.8, 4) is 0 Å². The van der Waals surface area contributed by atoms with Gasteiger partial charge in [-0.25, -0.2) is 4.98 Å². The van der Waals surface area contributed by atoms with E-state index in [1.165, 1.54) is 24.2 Å². The van der Waals surface area contributed by atoms with Crippen molar-refractivity contribution in [2.24, 2.45) is 5.92 Å². The number of nitrogens with two attached hydrogens (primary N) is 1. The van der Waals surface area contributed by atoms with Crippen molar-refractivity contribution < 1.29 is 14.4 Å². The molecule has 9 heteroatoms. The molecule has 2 atom stereocenters. The standard InChI is InChI=1S/C28H40N6O3/c1-33(2)25(35)18-31-23(16-19-7-4-3-5-8-19)28(37)34-14-6-9-24(34)27(36)32-17-20-10-11-22-21(15-20)12-13-30-26(22)29/h10-13,15,19,23-24,31H,3-9,14,16-18H2,1-2H3,(H2,29,30)(H,32,36)/t23-,24+/m1/s1. The number of hydrogen-bond acceptors (Lipinski definition) is 6. The summed E-state index contributed by atoms with van der Waals surface area (Å²) in [6.45, 7) is 1.04. The molecule has 37 heavy (non-hydrogen) atoms. The molecule has 3 amide bonds. The zero-order chi connectivity index (χ0) is 26.4. The molecule has 2 aromatic rings. The van der Waals surface area contributed by atoms with E-state index in [0.29, 0.717) is 37.7 Å². The molecule has 0 bridgehead atoms. The zero-order valence-electron chi connectivity index (χ0n) is 22.0. The molecule has 4 rings (SSSR count). The number of rotatable bonds is 9. The molecule has 2 heterocycles. The average molecular weight is 509 g/mol.